The summed E-state index contributed by atoms with van der Waals surface area (Å²) < 4.78 is 2.36. The molecule has 1 saturated carbocycles. The number of hydrogen-bond acceptors (Lipinski definition) is 4. The quantitative estimate of drug-likeness (QED) is 0.856. The van der Waals surface area contributed by atoms with Crippen LogP contribution in [0.25, 0.3) is 10.2 Å². The van der Waals surface area contributed by atoms with Crippen LogP contribution in [0.3, 0.4) is 0 Å². The highest BCUT2D eigenvalue weighted by Gasteiger charge is 2.29. The summed E-state index contributed by atoms with van der Waals surface area (Å²) in [5, 5.41) is 0. The molecule has 2 aromatic heterocycles. The van der Waals surface area contributed by atoms with Crippen molar-refractivity contribution in [3.8, 4) is 0 Å². The van der Waals surface area contributed by atoms with Crippen molar-refractivity contribution >= 4 is 27.5 Å². The molecule has 0 bridgehead atoms. The summed E-state index contributed by atoms with van der Waals surface area (Å²) in [4.78, 5) is 32.7. The van der Waals surface area contributed by atoms with Gasteiger partial charge in [-0.1, -0.05) is 0 Å². The summed E-state index contributed by atoms with van der Waals surface area (Å²) in [7, 11) is 0. The number of amides is 1. The lowest BCUT2D eigenvalue weighted by Crippen LogP contribution is -2.35. The summed E-state index contributed by atoms with van der Waals surface area (Å²) in [6.07, 6.45) is 7.05. The van der Waals surface area contributed by atoms with Gasteiger partial charge in [-0.15, -0.1) is 11.3 Å². The van der Waals surface area contributed by atoms with Gasteiger partial charge in [0.1, 0.15) is 10.2 Å². The molecule has 2 aromatic rings. The monoisotopic (exact) mass is 317 g/mol. The minimum Gasteiger partial charge on any atom is -0.339 e. The van der Waals surface area contributed by atoms with Gasteiger partial charge >= 0.3 is 0 Å². The Morgan fingerprint density at radius 1 is 1.27 bits per heavy atom. The van der Waals surface area contributed by atoms with Gasteiger partial charge in [0.15, 0.2) is 0 Å². The number of hydrogen-bond donors (Lipinski definition) is 0. The lowest BCUT2D eigenvalue weighted by atomic mass is 10.1. The van der Waals surface area contributed by atoms with Crippen molar-refractivity contribution in [1.29, 1.82) is 0 Å². The SMILES string of the molecule is Cc1sc2c(=O)n(C3CC3)cnc2c1C(=O)N1CCCCC1. The molecule has 0 spiro atoms. The molecule has 0 N–H and O–H groups in total. The Bertz CT molecular complexity index is 798. The number of piperidine rings is 1. The molecule has 0 unspecified atom stereocenters. The molecule has 0 aromatic carbocycles. The predicted molar refractivity (Wildman–Crippen MR) is 86.6 cm³/mol. The molecule has 22 heavy (non-hydrogen) atoms. The van der Waals surface area contributed by atoms with E-state index in [2.05, 4.69) is 4.98 Å². The highest BCUT2D eigenvalue weighted by molar-refractivity contribution is 7.19. The maximum atomic E-state index is 12.8. The zero-order chi connectivity index (χ0) is 15.3. The zero-order valence-corrected chi connectivity index (χ0v) is 13.5. The predicted octanol–water partition coefficient (Wildman–Crippen LogP) is 2.73. The Hall–Kier alpha value is -1.69. The van der Waals surface area contributed by atoms with Crippen LogP contribution in [0.5, 0.6) is 0 Å². The second-order valence-corrected chi connectivity index (χ2v) is 7.48. The van der Waals surface area contributed by atoms with Crippen LogP contribution >= 0.6 is 11.3 Å². The van der Waals surface area contributed by atoms with Crippen LogP contribution < -0.4 is 5.56 Å². The van der Waals surface area contributed by atoms with Crippen molar-refractivity contribution < 1.29 is 4.79 Å². The van der Waals surface area contributed by atoms with Gasteiger partial charge in [-0.25, -0.2) is 4.98 Å². The van der Waals surface area contributed by atoms with Gasteiger partial charge < -0.3 is 4.90 Å². The standard InChI is InChI=1S/C16H19N3O2S/c1-10-12(15(20)18-7-3-2-4-8-18)13-14(22-10)16(21)19(9-17-13)11-5-6-11/h9,11H,2-8H2,1H3. The van der Waals surface area contributed by atoms with E-state index in [4.69, 9.17) is 0 Å². The molecule has 1 amide bonds. The van der Waals surface area contributed by atoms with Gasteiger partial charge in [-0.05, 0) is 39.0 Å². The topological polar surface area (TPSA) is 55.2 Å². The van der Waals surface area contributed by atoms with Crippen LogP contribution in [-0.2, 0) is 0 Å². The van der Waals surface area contributed by atoms with Crippen LogP contribution in [0.2, 0.25) is 0 Å². The maximum Gasteiger partial charge on any atom is 0.271 e. The Labute approximate surface area is 132 Å². The summed E-state index contributed by atoms with van der Waals surface area (Å²) in [6.45, 7) is 3.55. The molecule has 0 radical (unpaired) electrons. The Morgan fingerprint density at radius 3 is 2.68 bits per heavy atom. The molecular weight excluding hydrogens is 298 g/mol. The number of aromatic nitrogens is 2. The fraction of sp³-hybridized carbons (Fsp3) is 0.562. The first-order valence-electron chi connectivity index (χ1n) is 7.96. The molecule has 0 atom stereocenters. The van der Waals surface area contributed by atoms with Gasteiger partial charge in [-0.2, -0.15) is 0 Å². The number of carbonyl (C=O) groups is 1. The van der Waals surface area contributed by atoms with Crippen LogP contribution in [0.15, 0.2) is 11.1 Å². The average molecular weight is 317 g/mol. The number of thiophene rings is 1. The lowest BCUT2D eigenvalue weighted by Gasteiger charge is -2.26. The molecule has 6 heteroatoms. The normalized spacial score (nSPS) is 18.9. The van der Waals surface area contributed by atoms with E-state index in [0.717, 1.165) is 43.6 Å². The highest BCUT2D eigenvalue weighted by Crippen LogP contribution is 2.35. The van der Waals surface area contributed by atoms with Crippen LogP contribution in [0, 0.1) is 6.92 Å². The van der Waals surface area contributed by atoms with Gasteiger partial charge in [0.25, 0.3) is 11.5 Å². The molecule has 1 aliphatic heterocycles. The molecule has 2 fully saturated rings. The molecule has 3 heterocycles. The largest absolute Gasteiger partial charge is 0.339 e. The third kappa shape index (κ3) is 2.17. The summed E-state index contributed by atoms with van der Waals surface area (Å²) in [6, 6.07) is 0.313. The Balaban J connectivity index is 1.80. The average Bonchev–Trinajstić information content (AvgIpc) is 3.31. The smallest absolute Gasteiger partial charge is 0.271 e. The van der Waals surface area contributed by atoms with Gasteiger partial charge in [0, 0.05) is 24.0 Å². The van der Waals surface area contributed by atoms with Crippen molar-refractivity contribution in [3.05, 3.63) is 27.1 Å². The fourth-order valence-corrected chi connectivity index (χ4v) is 4.25. The van der Waals surface area contributed by atoms with Gasteiger partial charge in [-0.3, -0.25) is 14.2 Å². The number of rotatable bonds is 2. The first kappa shape index (κ1) is 13.9. The number of fused-ring (bicyclic) bond motifs is 1. The van der Waals surface area contributed by atoms with E-state index in [1.165, 1.54) is 17.8 Å². The molecule has 2 aliphatic rings. The van der Waals surface area contributed by atoms with Gasteiger partial charge in [0.05, 0.1) is 11.9 Å². The van der Waals surface area contributed by atoms with Crippen molar-refractivity contribution in [1.82, 2.24) is 14.5 Å². The summed E-state index contributed by atoms with van der Waals surface area (Å²) in [5.41, 5.74) is 1.25. The van der Waals surface area contributed by atoms with E-state index < -0.39 is 0 Å². The van der Waals surface area contributed by atoms with Crippen molar-refractivity contribution in [2.75, 3.05) is 13.1 Å². The minimum atomic E-state index is 0.0123. The van der Waals surface area contributed by atoms with E-state index in [-0.39, 0.29) is 11.5 Å². The molecule has 116 valence electrons. The van der Waals surface area contributed by atoms with Crippen molar-refractivity contribution in [2.24, 2.45) is 0 Å². The highest BCUT2D eigenvalue weighted by atomic mass is 32.1. The molecule has 5 nitrogen and oxygen atoms in total. The fourth-order valence-electron chi connectivity index (χ4n) is 3.21. The third-order valence-electron chi connectivity index (χ3n) is 4.60. The zero-order valence-electron chi connectivity index (χ0n) is 12.7. The van der Waals surface area contributed by atoms with Crippen LogP contribution in [-0.4, -0.2) is 33.4 Å². The first-order chi connectivity index (χ1) is 10.7. The number of likely N-dealkylation sites (tertiary alicyclic amines) is 1. The third-order valence-corrected chi connectivity index (χ3v) is 5.68. The lowest BCUT2D eigenvalue weighted by molar-refractivity contribution is 0.0726. The van der Waals surface area contributed by atoms with Crippen LogP contribution in [0.1, 0.15) is 53.4 Å². The summed E-state index contributed by atoms with van der Waals surface area (Å²) in [5.74, 6) is 0.0412. The molecule has 4 rings (SSSR count). The molecule has 1 saturated heterocycles. The van der Waals surface area contributed by atoms with Crippen molar-refractivity contribution in [2.45, 2.75) is 45.1 Å². The van der Waals surface area contributed by atoms with E-state index in [0.29, 0.717) is 21.8 Å². The first-order valence-corrected chi connectivity index (χ1v) is 8.78. The van der Waals surface area contributed by atoms with E-state index in [1.807, 2.05) is 11.8 Å². The van der Waals surface area contributed by atoms with E-state index in [1.54, 1.807) is 10.9 Å². The van der Waals surface area contributed by atoms with Gasteiger partial charge in [0.2, 0.25) is 0 Å². The summed E-state index contributed by atoms with van der Waals surface area (Å²) >= 11 is 1.41. The number of aryl methyl sites for hydroxylation is 1. The maximum absolute atomic E-state index is 12.8. The number of carbonyl (C=O) groups excluding carboxylic acids is 1. The van der Waals surface area contributed by atoms with Crippen LogP contribution in [0.4, 0.5) is 0 Å². The molecule has 1 aliphatic carbocycles. The second kappa shape index (κ2) is 5.19. The Morgan fingerprint density at radius 2 is 2.00 bits per heavy atom. The van der Waals surface area contributed by atoms with E-state index in [9.17, 15) is 9.59 Å². The second-order valence-electron chi connectivity index (χ2n) is 6.25. The molecular formula is C16H19N3O2S. The van der Waals surface area contributed by atoms with E-state index >= 15 is 0 Å². The minimum absolute atomic E-state index is 0.0123. The van der Waals surface area contributed by atoms with Crippen molar-refractivity contribution in [3.63, 3.8) is 0 Å². The Kier molecular flexibility index (Phi) is 3.29. The number of nitrogens with zero attached hydrogens (tertiary/aromatic N) is 3.